The lowest BCUT2D eigenvalue weighted by Gasteiger charge is -2.19. The first-order valence-electron chi connectivity index (χ1n) is 9.71. The van der Waals surface area contributed by atoms with E-state index < -0.39 is 14.8 Å². The number of carbonyl (C=O) groups is 1. The van der Waals surface area contributed by atoms with Crippen molar-refractivity contribution in [2.45, 2.75) is 71.1 Å². The summed E-state index contributed by atoms with van der Waals surface area (Å²) in [5.41, 5.74) is 1.63. The maximum atomic E-state index is 12.0. The van der Waals surface area contributed by atoms with Crippen LogP contribution >= 0.6 is 0 Å². The molecule has 0 aliphatic carbocycles. The number of rotatable bonds is 11. The molecule has 0 aliphatic rings. The van der Waals surface area contributed by atoms with Crippen molar-refractivity contribution < 1.29 is 13.2 Å². The first-order chi connectivity index (χ1) is 12.6. The van der Waals surface area contributed by atoms with Crippen molar-refractivity contribution in [3.63, 3.8) is 0 Å². The van der Waals surface area contributed by atoms with E-state index in [1.165, 1.54) is 0 Å². The predicted molar refractivity (Wildman–Crippen MR) is 113 cm³/mol. The molecule has 154 valence electrons. The van der Waals surface area contributed by atoms with Crippen LogP contribution in [0.4, 0.5) is 5.69 Å². The van der Waals surface area contributed by atoms with Crippen LogP contribution in [0.1, 0.15) is 70.7 Å². The molecule has 3 N–H and O–H groups in total. The SMILES string of the molecule is CCC(C)NC(=O)c1ccc(NCCCCCNS(=O)(=O)C(C)(C)C)cc1. The summed E-state index contributed by atoms with van der Waals surface area (Å²) in [5, 5.41) is 6.27. The first kappa shape index (κ1) is 23.4. The normalized spacial score (nSPS) is 13.2. The molecule has 27 heavy (non-hydrogen) atoms. The molecule has 0 aromatic heterocycles. The number of nitrogens with one attached hydrogen (secondary N) is 3. The van der Waals surface area contributed by atoms with Gasteiger partial charge in [0.1, 0.15) is 0 Å². The summed E-state index contributed by atoms with van der Waals surface area (Å²) in [7, 11) is -3.25. The van der Waals surface area contributed by atoms with E-state index in [0.29, 0.717) is 12.1 Å². The summed E-state index contributed by atoms with van der Waals surface area (Å²) in [6.45, 7) is 10.4. The van der Waals surface area contributed by atoms with Crippen LogP contribution in [0.15, 0.2) is 24.3 Å². The molecular weight excluding hydrogens is 362 g/mol. The molecule has 1 amide bonds. The fourth-order valence-corrected chi connectivity index (χ4v) is 3.08. The molecule has 7 heteroatoms. The van der Waals surface area contributed by atoms with Crippen LogP contribution in [0.5, 0.6) is 0 Å². The Hall–Kier alpha value is -1.60. The lowest BCUT2D eigenvalue weighted by molar-refractivity contribution is 0.0939. The number of sulfonamides is 1. The molecule has 1 unspecified atom stereocenters. The monoisotopic (exact) mass is 397 g/mol. The average Bonchev–Trinajstić information content (AvgIpc) is 2.60. The van der Waals surface area contributed by atoms with Crippen LogP contribution in [-0.2, 0) is 10.0 Å². The predicted octanol–water partition coefficient (Wildman–Crippen LogP) is 3.52. The van der Waals surface area contributed by atoms with Gasteiger partial charge >= 0.3 is 0 Å². The van der Waals surface area contributed by atoms with Crippen molar-refractivity contribution in [2.75, 3.05) is 18.4 Å². The minimum absolute atomic E-state index is 0.0476. The van der Waals surface area contributed by atoms with Crippen LogP contribution in [0.3, 0.4) is 0 Å². The summed E-state index contributed by atoms with van der Waals surface area (Å²) in [6.07, 6.45) is 3.61. The zero-order chi connectivity index (χ0) is 20.5. The summed E-state index contributed by atoms with van der Waals surface area (Å²) in [5.74, 6) is -0.0476. The van der Waals surface area contributed by atoms with Crippen LogP contribution in [0.25, 0.3) is 0 Å². The van der Waals surface area contributed by atoms with Crippen molar-refractivity contribution in [3.05, 3.63) is 29.8 Å². The van der Waals surface area contributed by atoms with E-state index in [0.717, 1.165) is 37.9 Å². The number of amides is 1. The fourth-order valence-electron chi connectivity index (χ4n) is 2.23. The molecule has 0 fully saturated rings. The van der Waals surface area contributed by atoms with E-state index in [-0.39, 0.29) is 11.9 Å². The average molecular weight is 398 g/mol. The van der Waals surface area contributed by atoms with Gasteiger partial charge in [-0.05, 0) is 71.2 Å². The molecule has 0 saturated heterocycles. The topological polar surface area (TPSA) is 87.3 Å². The Bertz CT molecular complexity index is 679. The molecule has 1 aromatic rings. The number of hydrogen-bond acceptors (Lipinski definition) is 4. The van der Waals surface area contributed by atoms with Crippen LogP contribution in [0, 0.1) is 0 Å². The molecule has 0 saturated carbocycles. The Labute approximate surface area is 164 Å². The second kappa shape index (κ2) is 10.7. The molecule has 0 spiro atoms. The summed E-state index contributed by atoms with van der Waals surface area (Å²) in [6, 6.07) is 7.62. The minimum Gasteiger partial charge on any atom is -0.385 e. The largest absolute Gasteiger partial charge is 0.385 e. The van der Waals surface area contributed by atoms with Gasteiger partial charge in [0.05, 0.1) is 4.75 Å². The van der Waals surface area contributed by atoms with Gasteiger partial charge in [-0.15, -0.1) is 0 Å². The molecule has 0 bridgehead atoms. The number of unbranched alkanes of at least 4 members (excludes halogenated alkanes) is 2. The molecule has 1 aromatic carbocycles. The highest BCUT2D eigenvalue weighted by Crippen LogP contribution is 2.13. The van der Waals surface area contributed by atoms with Crippen molar-refractivity contribution >= 4 is 21.6 Å². The zero-order valence-corrected chi connectivity index (χ0v) is 18.1. The molecule has 1 atom stereocenters. The Balaban J connectivity index is 2.25. The van der Waals surface area contributed by atoms with Gasteiger partial charge in [0.25, 0.3) is 5.91 Å². The van der Waals surface area contributed by atoms with E-state index in [4.69, 9.17) is 0 Å². The van der Waals surface area contributed by atoms with E-state index in [9.17, 15) is 13.2 Å². The van der Waals surface area contributed by atoms with E-state index in [2.05, 4.69) is 15.4 Å². The van der Waals surface area contributed by atoms with Crippen molar-refractivity contribution in [3.8, 4) is 0 Å². The third-order valence-electron chi connectivity index (χ3n) is 4.42. The van der Waals surface area contributed by atoms with Crippen LogP contribution in [0.2, 0.25) is 0 Å². The highest BCUT2D eigenvalue weighted by molar-refractivity contribution is 7.90. The van der Waals surface area contributed by atoms with Crippen molar-refractivity contribution in [1.29, 1.82) is 0 Å². The molecular formula is C20H35N3O3S. The van der Waals surface area contributed by atoms with Gasteiger partial charge < -0.3 is 10.6 Å². The van der Waals surface area contributed by atoms with Gasteiger partial charge in [-0.2, -0.15) is 0 Å². The van der Waals surface area contributed by atoms with Gasteiger partial charge in [0.15, 0.2) is 0 Å². The Kier molecular flexibility index (Phi) is 9.26. The number of benzene rings is 1. The minimum atomic E-state index is -3.25. The van der Waals surface area contributed by atoms with E-state index in [1.807, 2.05) is 38.1 Å². The molecule has 0 heterocycles. The lowest BCUT2D eigenvalue weighted by atomic mass is 10.1. The highest BCUT2D eigenvalue weighted by atomic mass is 32.2. The van der Waals surface area contributed by atoms with Crippen LogP contribution in [-0.4, -0.2) is 38.2 Å². The van der Waals surface area contributed by atoms with Gasteiger partial charge in [-0.25, -0.2) is 13.1 Å². The number of anilines is 1. The van der Waals surface area contributed by atoms with Gasteiger partial charge in [-0.1, -0.05) is 13.3 Å². The number of hydrogen-bond donors (Lipinski definition) is 3. The summed E-state index contributed by atoms with van der Waals surface area (Å²) < 4.78 is 25.7. The van der Waals surface area contributed by atoms with Gasteiger partial charge in [0.2, 0.25) is 10.0 Å². The maximum Gasteiger partial charge on any atom is 0.251 e. The van der Waals surface area contributed by atoms with Crippen molar-refractivity contribution in [1.82, 2.24) is 10.0 Å². The summed E-state index contributed by atoms with van der Waals surface area (Å²) >= 11 is 0. The fraction of sp³-hybridized carbons (Fsp3) is 0.650. The molecule has 6 nitrogen and oxygen atoms in total. The maximum absolute atomic E-state index is 12.0. The second-order valence-electron chi connectivity index (χ2n) is 7.86. The quantitative estimate of drug-likeness (QED) is 0.499. The summed E-state index contributed by atoms with van der Waals surface area (Å²) in [4.78, 5) is 12.0. The lowest BCUT2D eigenvalue weighted by Crippen LogP contribution is -2.39. The van der Waals surface area contributed by atoms with Crippen LogP contribution < -0.4 is 15.4 Å². The standard InChI is InChI=1S/C20H35N3O3S/c1-6-16(2)23-19(24)17-10-12-18(13-11-17)21-14-8-7-9-15-22-27(25,26)20(3,4)5/h10-13,16,21-22H,6-9,14-15H2,1-5H3,(H,23,24). The third kappa shape index (κ3) is 8.30. The highest BCUT2D eigenvalue weighted by Gasteiger charge is 2.27. The molecule has 0 radical (unpaired) electrons. The molecule has 0 aliphatic heterocycles. The van der Waals surface area contributed by atoms with Gasteiger partial charge in [-0.3, -0.25) is 4.79 Å². The Morgan fingerprint density at radius 3 is 2.19 bits per heavy atom. The second-order valence-corrected chi connectivity index (χ2v) is 10.4. The third-order valence-corrected chi connectivity index (χ3v) is 6.61. The zero-order valence-electron chi connectivity index (χ0n) is 17.3. The smallest absolute Gasteiger partial charge is 0.251 e. The molecule has 1 rings (SSSR count). The Morgan fingerprint density at radius 2 is 1.63 bits per heavy atom. The number of carbonyl (C=O) groups excluding carboxylic acids is 1. The van der Waals surface area contributed by atoms with E-state index >= 15 is 0 Å². The Morgan fingerprint density at radius 1 is 1.04 bits per heavy atom. The van der Waals surface area contributed by atoms with Gasteiger partial charge in [0, 0.05) is 30.4 Å². The first-order valence-corrected chi connectivity index (χ1v) is 11.2. The van der Waals surface area contributed by atoms with E-state index in [1.54, 1.807) is 20.8 Å². The van der Waals surface area contributed by atoms with Crippen molar-refractivity contribution in [2.24, 2.45) is 0 Å².